The smallest absolute Gasteiger partial charge is 0.237 e. The molecule has 1 saturated heterocycles. The first-order valence-electron chi connectivity index (χ1n) is 11.1. The number of nitrogens with one attached hydrogen (secondary N) is 1. The van der Waals surface area contributed by atoms with Gasteiger partial charge in [0.05, 0.1) is 12.1 Å². The van der Waals surface area contributed by atoms with Crippen molar-refractivity contribution in [2.24, 2.45) is 5.92 Å². The van der Waals surface area contributed by atoms with Crippen molar-refractivity contribution < 1.29 is 9.53 Å². The molecule has 32 heavy (non-hydrogen) atoms. The van der Waals surface area contributed by atoms with Gasteiger partial charge in [-0.2, -0.15) is 0 Å². The summed E-state index contributed by atoms with van der Waals surface area (Å²) < 4.78 is 7.65. The topological polar surface area (TPSA) is 85.2 Å². The van der Waals surface area contributed by atoms with E-state index in [1.807, 2.05) is 42.5 Å². The number of amides is 1. The molecule has 2 aromatic carbocycles. The van der Waals surface area contributed by atoms with E-state index in [-0.39, 0.29) is 18.0 Å². The van der Waals surface area contributed by atoms with Crippen LogP contribution in [0.15, 0.2) is 60.9 Å². The third kappa shape index (κ3) is 5.70. The van der Waals surface area contributed by atoms with Gasteiger partial charge in [-0.1, -0.05) is 56.3 Å². The van der Waals surface area contributed by atoms with Crippen LogP contribution in [0.25, 0.3) is 0 Å². The largest absolute Gasteiger partial charge is 0.489 e. The highest BCUT2D eigenvalue weighted by atomic mass is 16.5. The molecule has 0 bridgehead atoms. The summed E-state index contributed by atoms with van der Waals surface area (Å²) in [7, 11) is 0. The Kier molecular flexibility index (Phi) is 7.11. The first kappa shape index (κ1) is 22.0. The van der Waals surface area contributed by atoms with Gasteiger partial charge in [-0.3, -0.25) is 9.69 Å². The summed E-state index contributed by atoms with van der Waals surface area (Å²) in [5, 5.41) is 14.6. The lowest BCUT2D eigenvalue weighted by molar-refractivity contribution is -0.125. The Morgan fingerprint density at radius 2 is 1.91 bits per heavy atom. The Morgan fingerprint density at radius 1 is 1.12 bits per heavy atom. The lowest BCUT2D eigenvalue weighted by Crippen LogP contribution is -2.43. The van der Waals surface area contributed by atoms with Crippen LogP contribution in [0.5, 0.6) is 5.75 Å². The third-order valence-corrected chi connectivity index (χ3v) is 5.66. The number of ether oxygens (including phenoxy) is 1. The van der Waals surface area contributed by atoms with Crippen LogP contribution in [0, 0.1) is 5.92 Å². The van der Waals surface area contributed by atoms with E-state index >= 15 is 0 Å². The zero-order valence-electron chi connectivity index (χ0n) is 18.6. The minimum atomic E-state index is -0.211. The zero-order valence-corrected chi connectivity index (χ0v) is 18.6. The average Bonchev–Trinajstić information content (AvgIpc) is 3.48. The molecule has 0 radical (unpaired) electrons. The molecule has 0 unspecified atom stereocenters. The van der Waals surface area contributed by atoms with Gasteiger partial charge in [0.2, 0.25) is 5.91 Å². The molecule has 168 valence electrons. The highest BCUT2D eigenvalue weighted by molar-refractivity contribution is 5.82. The summed E-state index contributed by atoms with van der Waals surface area (Å²) >= 11 is 0. The molecule has 1 N–H and O–H groups in total. The van der Waals surface area contributed by atoms with Gasteiger partial charge in [-0.25, -0.2) is 4.68 Å². The molecule has 2 heterocycles. The maximum Gasteiger partial charge on any atom is 0.237 e. The molecule has 1 aromatic heterocycles. The Morgan fingerprint density at radius 3 is 2.59 bits per heavy atom. The van der Waals surface area contributed by atoms with Crippen molar-refractivity contribution in [1.29, 1.82) is 0 Å². The van der Waals surface area contributed by atoms with E-state index in [0.29, 0.717) is 32.0 Å². The quantitative estimate of drug-likeness (QED) is 0.557. The normalized spacial score (nSPS) is 18.7. The first-order chi connectivity index (χ1) is 15.6. The predicted molar refractivity (Wildman–Crippen MR) is 121 cm³/mol. The van der Waals surface area contributed by atoms with Crippen molar-refractivity contribution in [2.45, 2.75) is 45.5 Å². The number of carbonyl (C=O) groups is 1. The van der Waals surface area contributed by atoms with Gasteiger partial charge >= 0.3 is 0 Å². The van der Waals surface area contributed by atoms with Gasteiger partial charge < -0.3 is 10.1 Å². The van der Waals surface area contributed by atoms with Gasteiger partial charge in [-0.15, -0.1) is 5.10 Å². The number of hydrogen-bond donors (Lipinski definition) is 1. The zero-order chi connectivity index (χ0) is 22.3. The number of tetrazole rings is 1. The van der Waals surface area contributed by atoms with Crippen molar-refractivity contribution in [1.82, 2.24) is 30.4 Å². The third-order valence-electron chi connectivity index (χ3n) is 5.66. The Hall–Kier alpha value is -3.26. The van der Waals surface area contributed by atoms with E-state index in [9.17, 15) is 4.79 Å². The maximum atomic E-state index is 12.9. The van der Waals surface area contributed by atoms with Crippen LogP contribution in [0.3, 0.4) is 0 Å². The minimum Gasteiger partial charge on any atom is -0.489 e. The van der Waals surface area contributed by atoms with Gasteiger partial charge in [0, 0.05) is 19.6 Å². The molecule has 4 rings (SSSR count). The summed E-state index contributed by atoms with van der Waals surface area (Å²) in [6.07, 6.45) is 2.31. The fourth-order valence-corrected chi connectivity index (χ4v) is 3.94. The Balaban J connectivity index is 1.39. The molecule has 0 saturated carbocycles. The number of nitrogens with zero attached hydrogens (tertiary/aromatic N) is 5. The van der Waals surface area contributed by atoms with E-state index in [1.54, 1.807) is 11.0 Å². The second kappa shape index (κ2) is 10.4. The lowest BCUT2D eigenvalue weighted by Gasteiger charge is -2.24. The van der Waals surface area contributed by atoms with Crippen molar-refractivity contribution >= 4 is 5.91 Å². The first-order valence-corrected chi connectivity index (χ1v) is 11.1. The van der Waals surface area contributed by atoms with Crippen molar-refractivity contribution in [2.75, 3.05) is 13.1 Å². The molecule has 8 nitrogen and oxygen atoms in total. The fourth-order valence-electron chi connectivity index (χ4n) is 3.94. The standard InChI is InChI=1S/C24H30N6O2/c1-18(2)13-25-24(31)23-12-21(30-17-26-27-28-30)15-29(23)14-19-8-10-22(11-9-19)32-16-20-6-4-3-5-7-20/h3-11,17-18,21,23H,12-16H2,1-2H3,(H,25,31)/t21-,23+/m1/s1. The molecular formula is C24H30N6O2. The van der Waals surface area contributed by atoms with Gasteiger partial charge in [0.25, 0.3) is 0 Å². The summed E-state index contributed by atoms with van der Waals surface area (Å²) in [5.74, 6) is 1.31. The van der Waals surface area contributed by atoms with E-state index in [1.165, 1.54) is 0 Å². The highest BCUT2D eigenvalue weighted by Crippen LogP contribution is 2.28. The van der Waals surface area contributed by atoms with E-state index in [2.05, 4.69) is 51.7 Å². The second-order valence-electron chi connectivity index (χ2n) is 8.68. The van der Waals surface area contributed by atoms with Crippen LogP contribution in [-0.2, 0) is 17.9 Å². The van der Waals surface area contributed by atoms with Crippen LogP contribution < -0.4 is 10.1 Å². The van der Waals surface area contributed by atoms with Crippen LogP contribution in [-0.4, -0.2) is 50.1 Å². The number of hydrogen-bond acceptors (Lipinski definition) is 6. The number of rotatable bonds is 9. The van der Waals surface area contributed by atoms with Gasteiger partial charge in [-0.05, 0) is 46.0 Å². The predicted octanol–water partition coefficient (Wildman–Crippen LogP) is 2.84. The molecule has 1 aliphatic heterocycles. The fraction of sp³-hybridized carbons (Fsp3) is 0.417. The van der Waals surface area contributed by atoms with Gasteiger partial charge in [0.15, 0.2) is 0 Å². The number of carbonyl (C=O) groups excluding carboxylic acids is 1. The van der Waals surface area contributed by atoms with Crippen molar-refractivity contribution in [3.05, 3.63) is 72.1 Å². The van der Waals surface area contributed by atoms with Crippen molar-refractivity contribution in [3.63, 3.8) is 0 Å². The molecule has 0 spiro atoms. The van der Waals surface area contributed by atoms with Crippen molar-refractivity contribution in [3.8, 4) is 5.75 Å². The monoisotopic (exact) mass is 434 g/mol. The number of benzene rings is 2. The summed E-state index contributed by atoms with van der Waals surface area (Å²) in [5.41, 5.74) is 2.27. The van der Waals surface area contributed by atoms with Crippen LogP contribution in [0.1, 0.15) is 37.4 Å². The molecule has 1 fully saturated rings. The Labute approximate surface area is 188 Å². The molecule has 3 aromatic rings. The number of aromatic nitrogens is 4. The summed E-state index contributed by atoms with van der Waals surface area (Å²) in [4.78, 5) is 15.1. The molecule has 1 aliphatic rings. The van der Waals surface area contributed by atoms with E-state index in [4.69, 9.17) is 4.74 Å². The SMILES string of the molecule is CC(C)CNC(=O)[C@@H]1C[C@@H](n2cnnn2)CN1Cc1ccc(OCc2ccccc2)cc1. The minimum absolute atomic E-state index is 0.0667. The van der Waals surface area contributed by atoms with E-state index in [0.717, 1.165) is 23.4 Å². The number of likely N-dealkylation sites (tertiary alicyclic amines) is 1. The van der Waals surface area contributed by atoms with E-state index < -0.39 is 0 Å². The summed E-state index contributed by atoms with van der Waals surface area (Å²) in [6, 6.07) is 18.1. The highest BCUT2D eigenvalue weighted by Gasteiger charge is 2.38. The Bertz CT molecular complexity index is 975. The molecule has 1 amide bonds. The molecular weight excluding hydrogens is 404 g/mol. The lowest BCUT2D eigenvalue weighted by atomic mass is 10.1. The average molecular weight is 435 g/mol. The second-order valence-corrected chi connectivity index (χ2v) is 8.68. The van der Waals surface area contributed by atoms with Crippen LogP contribution >= 0.6 is 0 Å². The van der Waals surface area contributed by atoms with Crippen LogP contribution in [0.2, 0.25) is 0 Å². The molecule has 2 atom stereocenters. The maximum absolute atomic E-state index is 12.9. The molecule has 8 heteroatoms. The molecule has 0 aliphatic carbocycles. The van der Waals surface area contributed by atoms with Crippen LogP contribution in [0.4, 0.5) is 0 Å². The summed E-state index contributed by atoms with van der Waals surface area (Å²) in [6.45, 7) is 6.80. The van der Waals surface area contributed by atoms with Gasteiger partial charge in [0.1, 0.15) is 18.7 Å².